The van der Waals surface area contributed by atoms with Crippen molar-refractivity contribution in [1.29, 1.82) is 0 Å². The van der Waals surface area contributed by atoms with Crippen LogP contribution in [0.4, 0.5) is 0 Å². The molecule has 84 valence electrons. The third-order valence-electron chi connectivity index (χ3n) is 3.31. The Hall–Kier alpha value is -1.39. The number of nitrogens with zero attached hydrogens (tertiary/aromatic N) is 1. The molecule has 2 aromatic rings. The van der Waals surface area contributed by atoms with Gasteiger partial charge in [-0.05, 0) is 24.1 Å². The van der Waals surface area contributed by atoms with Crippen LogP contribution < -0.4 is 5.73 Å². The molecule has 4 nitrogen and oxygen atoms in total. The molecule has 3 rings (SSSR count). The van der Waals surface area contributed by atoms with E-state index in [9.17, 15) is 0 Å². The topological polar surface area (TPSA) is 63.9 Å². The highest BCUT2D eigenvalue weighted by molar-refractivity contribution is 5.75. The van der Waals surface area contributed by atoms with Gasteiger partial charge < -0.3 is 15.5 Å². The summed E-state index contributed by atoms with van der Waals surface area (Å²) in [4.78, 5) is 7.33. The fraction of sp³-hybridized carbons (Fsp3) is 0.417. The van der Waals surface area contributed by atoms with Gasteiger partial charge in [-0.15, -0.1) is 0 Å². The van der Waals surface area contributed by atoms with Gasteiger partial charge in [0.1, 0.15) is 0 Å². The molecule has 1 aromatic heterocycles. The first kappa shape index (κ1) is 9.81. The zero-order valence-electron chi connectivity index (χ0n) is 9.07. The minimum absolute atomic E-state index is 0.160. The van der Waals surface area contributed by atoms with Gasteiger partial charge in [0.05, 0.1) is 30.6 Å². The average molecular weight is 217 g/mol. The van der Waals surface area contributed by atoms with Gasteiger partial charge in [0.15, 0.2) is 0 Å². The molecular formula is C12H15N3O. The summed E-state index contributed by atoms with van der Waals surface area (Å²) >= 11 is 0. The predicted octanol–water partition coefficient (Wildman–Crippen LogP) is 1.08. The molecule has 16 heavy (non-hydrogen) atoms. The second-order valence-corrected chi connectivity index (χ2v) is 4.63. The molecule has 0 atom stereocenters. The van der Waals surface area contributed by atoms with Gasteiger partial charge in [-0.3, -0.25) is 0 Å². The van der Waals surface area contributed by atoms with Crippen LogP contribution in [-0.2, 0) is 11.2 Å². The molecule has 0 amide bonds. The summed E-state index contributed by atoms with van der Waals surface area (Å²) in [6.45, 7) is 2.25. The molecule has 1 aliphatic heterocycles. The molecule has 0 spiro atoms. The highest BCUT2D eigenvalue weighted by Crippen LogP contribution is 2.31. The normalized spacial score (nSPS) is 18.6. The van der Waals surface area contributed by atoms with Crippen LogP contribution in [0.25, 0.3) is 11.0 Å². The fourth-order valence-corrected chi connectivity index (χ4v) is 2.21. The quantitative estimate of drug-likeness (QED) is 0.808. The summed E-state index contributed by atoms with van der Waals surface area (Å²) in [6.07, 6.45) is 2.71. The van der Waals surface area contributed by atoms with E-state index in [4.69, 9.17) is 10.5 Å². The van der Waals surface area contributed by atoms with Crippen molar-refractivity contribution in [3.05, 3.63) is 30.1 Å². The molecule has 2 heterocycles. The molecule has 0 bridgehead atoms. The van der Waals surface area contributed by atoms with Crippen molar-refractivity contribution in [3.63, 3.8) is 0 Å². The van der Waals surface area contributed by atoms with Gasteiger partial charge >= 0.3 is 0 Å². The molecule has 4 heteroatoms. The Kier molecular flexibility index (Phi) is 2.19. The number of nitrogens with two attached hydrogens (primary N) is 1. The van der Waals surface area contributed by atoms with Crippen LogP contribution in [0.1, 0.15) is 5.56 Å². The highest BCUT2D eigenvalue weighted by Gasteiger charge is 2.37. The number of fused-ring (bicyclic) bond motifs is 1. The number of imidazole rings is 1. The molecule has 1 aromatic carbocycles. The van der Waals surface area contributed by atoms with Gasteiger partial charge in [-0.25, -0.2) is 4.98 Å². The van der Waals surface area contributed by atoms with E-state index in [0.29, 0.717) is 6.54 Å². The summed E-state index contributed by atoms with van der Waals surface area (Å²) < 4.78 is 5.27. The van der Waals surface area contributed by atoms with Crippen LogP contribution in [0.3, 0.4) is 0 Å². The van der Waals surface area contributed by atoms with E-state index in [1.807, 2.05) is 6.07 Å². The maximum absolute atomic E-state index is 5.81. The van der Waals surface area contributed by atoms with Crippen molar-refractivity contribution >= 4 is 11.0 Å². The monoisotopic (exact) mass is 217 g/mol. The minimum Gasteiger partial charge on any atom is -0.380 e. The number of hydrogen-bond donors (Lipinski definition) is 2. The van der Waals surface area contributed by atoms with Crippen molar-refractivity contribution in [2.24, 2.45) is 11.1 Å². The SMILES string of the molecule is NCC1(Cc2ccc3nc[nH]c3c2)COC1. The number of nitrogens with one attached hydrogen (secondary N) is 1. The molecule has 1 fully saturated rings. The Balaban J connectivity index is 1.88. The molecule has 3 N–H and O–H groups in total. The Morgan fingerprint density at radius 1 is 1.44 bits per heavy atom. The number of ether oxygens (including phenoxy) is 1. The lowest BCUT2D eigenvalue weighted by atomic mass is 9.80. The van der Waals surface area contributed by atoms with Gasteiger partial charge in [0.25, 0.3) is 0 Å². The maximum Gasteiger partial charge on any atom is 0.0931 e. The number of benzene rings is 1. The van der Waals surface area contributed by atoms with E-state index in [0.717, 1.165) is 30.7 Å². The molecule has 0 aliphatic carbocycles. The average Bonchev–Trinajstić information content (AvgIpc) is 2.70. The minimum atomic E-state index is 0.160. The number of aromatic amines is 1. The smallest absolute Gasteiger partial charge is 0.0931 e. The Labute approximate surface area is 93.8 Å². The van der Waals surface area contributed by atoms with Gasteiger partial charge in [-0.1, -0.05) is 6.07 Å². The number of aromatic nitrogens is 2. The Bertz CT molecular complexity index is 496. The van der Waals surface area contributed by atoms with E-state index in [1.54, 1.807) is 6.33 Å². The predicted molar refractivity (Wildman–Crippen MR) is 62.1 cm³/mol. The Morgan fingerprint density at radius 2 is 2.31 bits per heavy atom. The first-order chi connectivity index (χ1) is 7.81. The molecule has 1 aliphatic rings. The molecule has 0 radical (unpaired) electrons. The van der Waals surface area contributed by atoms with E-state index >= 15 is 0 Å². The maximum atomic E-state index is 5.81. The standard InChI is InChI=1S/C12H15N3O/c13-5-12(6-16-7-12)4-9-1-2-10-11(3-9)15-8-14-10/h1-3,8H,4-7,13H2,(H,14,15). The number of H-pyrrole nitrogens is 1. The van der Waals surface area contributed by atoms with Crippen LogP contribution in [0.5, 0.6) is 0 Å². The lowest BCUT2D eigenvalue weighted by Gasteiger charge is -2.40. The summed E-state index contributed by atoms with van der Waals surface area (Å²) in [5, 5.41) is 0. The van der Waals surface area contributed by atoms with E-state index in [1.165, 1.54) is 5.56 Å². The van der Waals surface area contributed by atoms with E-state index in [2.05, 4.69) is 22.1 Å². The summed E-state index contributed by atoms with van der Waals surface area (Å²) in [6, 6.07) is 6.32. The number of hydrogen-bond acceptors (Lipinski definition) is 3. The zero-order chi connectivity index (χ0) is 11.0. The second kappa shape index (κ2) is 3.57. The molecule has 1 saturated heterocycles. The summed E-state index contributed by atoms with van der Waals surface area (Å²) in [5.41, 5.74) is 9.36. The number of rotatable bonds is 3. The first-order valence-electron chi connectivity index (χ1n) is 5.51. The van der Waals surface area contributed by atoms with Crippen LogP contribution in [-0.4, -0.2) is 29.7 Å². The first-order valence-corrected chi connectivity index (χ1v) is 5.51. The zero-order valence-corrected chi connectivity index (χ0v) is 9.07. The van der Waals surface area contributed by atoms with Gasteiger partial charge in [-0.2, -0.15) is 0 Å². The highest BCUT2D eigenvalue weighted by atomic mass is 16.5. The van der Waals surface area contributed by atoms with E-state index in [-0.39, 0.29) is 5.41 Å². The van der Waals surface area contributed by atoms with Crippen LogP contribution in [0.15, 0.2) is 24.5 Å². The lowest BCUT2D eigenvalue weighted by Crippen LogP contribution is -2.49. The van der Waals surface area contributed by atoms with Crippen LogP contribution in [0, 0.1) is 5.41 Å². The van der Waals surface area contributed by atoms with Crippen molar-refractivity contribution in [1.82, 2.24) is 9.97 Å². The lowest BCUT2D eigenvalue weighted by molar-refractivity contribution is -0.106. The third-order valence-corrected chi connectivity index (χ3v) is 3.31. The van der Waals surface area contributed by atoms with E-state index < -0.39 is 0 Å². The van der Waals surface area contributed by atoms with Crippen molar-refractivity contribution in [2.75, 3.05) is 19.8 Å². The largest absolute Gasteiger partial charge is 0.380 e. The molecular weight excluding hydrogens is 202 g/mol. The summed E-state index contributed by atoms with van der Waals surface area (Å²) in [7, 11) is 0. The second-order valence-electron chi connectivity index (χ2n) is 4.63. The Morgan fingerprint density at radius 3 is 3.00 bits per heavy atom. The van der Waals surface area contributed by atoms with Crippen molar-refractivity contribution in [3.8, 4) is 0 Å². The van der Waals surface area contributed by atoms with Gasteiger partial charge in [0, 0.05) is 12.0 Å². The molecule has 0 unspecified atom stereocenters. The third kappa shape index (κ3) is 1.50. The van der Waals surface area contributed by atoms with Crippen LogP contribution >= 0.6 is 0 Å². The van der Waals surface area contributed by atoms with Crippen molar-refractivity contribution in [2.45, 2.75) is 6.42 Å². The summed E-state index contributed by atoms with van der Waals surface area (Å²) in [5.74, 6) is 0. The van der Waals surface area contributed by atoms with Gasteiger partial charge in [0.2, 0.25) is 0 Å². The van der Waals surface area contributed by atoms with Crippen molar-refractivity contribution < 1.29 is 4.74 Å². The molecule has 0 saturated carbocycles. The fourth-order valence-electron chi connectivity index (χ4n) is 2.21. The van der Waals surface area contributed by atoms with Crippen LogP contribution in [0.2, 0.25) is 0 Å².